The fourth-order valence-electron chi connectivity index (χ4n) is 2.02. The molecule has 0 aliphatic carbocycles. The van der Waals surface area contributed by atoms with Gasteiger partial charge < -0.3 is 9.84 Å². The van der Waals surface area contributed by atoms with E-state index in [9.17, 15) is 4.39 Å². The van der Waals surface area contributed by atoms with Gasteiger partial charge in [-0.1, -0.05) is 23.2 Å². The SMILES string of the molecule is OCCN1CCO[C@@H](c2cc(F)c(Cl)cc2Cl)C1. The number of benzene rings is 1. The van der Waals surface area contributed by atoms with Crippen LogP contribution in [0.25, 0.3) is 0 Å². The molecule has 1 fully saturated rings. The lowest BCUT2D eigenvalue weighted by molar-refractivity contribution is -0.0338. The molecule has 1 N–H and O–H groups in total. The van der Waals surface area contributed by atoms with E-state index in [0.717, 1.165) is 6.54 Å². The Labute approximate surface area is 115 Å². The van der Waals surface area contributed by atoms with Crippen molar-refractivity contribution in [2.45, 2.75) is 6.10 Å². The van der Waals surface area contributed by atoms with Gasteiger partial charge in [0.1, 0.15) is 5.82 Å². The first-order chi connectivity index (χ1) is 8.61. The van der Waals surface area contributed by atoms with Crippen molar-refractivity contribution in [3.8, 4) is 0 Å². The highest BCUT2D eigenvalue weighted by molar-refractivity contribution is 6.35. The number of halogens is 3. The Hall–Kier alpha value is -0.390. The van der Waals surface area contributed by atoms with Crippen LogP contribution in [-0.4, -0.2) is 42.9 Å². The molecule has 0 saturated carbocycles. The summed E-state index contributed by atoms with van der Waals surface area (Å²) in [6.07, 6.45) is -0.287. The molecule has 1 saturated heterocycles. The van der Waals surface area contributed by atoms with Crippen LogP contribution in [0, 0.1) is 5.82 Å². The average Bonchev–Trinajstić information content (AvgIpc) is 2.34. The first-order valence-corrected chi connectivity index (χ1v) is 6.46. The monoisotopic (exact) mass is 293 g/mol. The average molecular weight is 294 g/mol. The third-order valence-corrected chi connectivity index (χ3v) is 3.57. The number of aliphatic hydroxyl groups is 1. The Balaban J connectivity index is 2.18. The molecule has 3 nitrogen and oxygen atoms in total. The predicted molar refractivity (Wildman–Crippen MR) is 68.6 cm³/mol. The molecule has 1 aromatic rings. The first kappa shape index (κ1) is 14.0. The van der Waals surface area contributed by atoms with Gasteiger partial charge in [-0.2, -0.15) is 0 Å². The molecule has 0 bridgehead atoms. The van der Waals surface area contributed by atoms with Gasteiger partial charge in [0.05, 0.1) is 24.3 Å². The van der Waals surface area contributed by atoms with Crippen LogP contribution >= 0.6 is 23.2 Å². The van der Waals surface area contributed by atoms with Gasteiger partial charge in [0.25, 0.3) is 0 Å². The number of ether oxygens (including phenoxy) is 1. The minimum absolute atomic E-state index is 0.00627. The van der Waals surface area contributed by atoms with Gasteiger partial charge in [0, 0.05) is 30.2 Å². The largest absolute Gasteiger partial charge is 0.395 e. The molecule has 1 heterocycles. The Morgan fingerprint density at radius 1 is 1.39 bits per heavy atom. The minimum atomic E-state index is -0.501. The summed E-state index contributed by atoms with van der Waals surface area (Å²) in [5, 5.41) is 9.33. The van der Waals surface area contributed by atoms with Gasteiger partial charge in [0.2, 0.25) is 0 Å². The van der Waals surface area contributed by atoms with Crippen LogP contribution in [0.15, 0.2) is 12.1 Å². The summed E-state index contributed by atoms with van der Waals surface area (Å²) in [6.45, 7) is 2.54. The second kappa shape index (κ2) is 6.17. The highest BCUT2D eigenvalue weighted by Crippen LogP contribution is 2.32. The van der Waals surface area contributed by atoms with E-state index in [0.29, 0.717) is 30.3 Å². The normalized spacial score (nSPS) is 21.2. The molecule has 0 radical (unpaired) electrons. The van der Waals surface area contributed by atoms with E-state index in [1.54, 1.807) is 0 Å². The maximum Gasteiger partial charge on any atom is 0.142 e. The molecular weight excluding hydrogens is 280 g/mol. The van der Waals surface area contributed by atoms with E-state index in [1.807, 2.05) is 0 Å². The molecule has 0 aromatic heterocycles. The zero-order chi connectivity index (χ0) is 13.1. The standard InChI is InChI=1S/C12H14Cl2FNO2/c13-9-6-10(14)11(15)5-8(9)12-7-16(1-3-17)2-4-18-12/h5-6,12,17H,1-4,7H2/t12-/m1/s1. The molecule has 1 aromatic carbocycles. The number of morpholine rings is 1. The minimum Gasteiger partial charge on any atom is -0.395 e. The number of rotatable bonds is 3. The van der Waals surface area contributed by atoms with Gasteiger partial charge in [-0.05, 0) is 12.1 Å². The van der Waals surface area contributed by atoms with Gasteiger partial charge in [-0.3, -0.25) is 4.90 Å². The summed E-state index contributed by atoms with van der Waals surface area (Å²) in [6, 6.07) is 2.71. The highest BCUT2D eigenvalue weighted by Gasteiger charge is 2.24. The number of nitrogens with zero attached hydrogens (tertiary/aromatic N) is 1. The van der Waals surface area contributed by atoms with Crippen molar-refractivity contribution >= 4 is 23.2 Å². The summed E-state index contributed by atoms with van der Waals surface area (Å²) in [5.74, 6) is -0.501. The summed E-state index contributed by atoms with van der Waals surface area (Å²) in [7, 11) is 0. The topological polar surface area (TPSA) is 32.7 Å². The van der Waals surface area contributed by atoms with E-state index in [4.69, 9.17) is 33.0 Å². The van der Waals surface area contributed by atoms with E-state index in [2.05, 4.69) is 4.90 Å². The van der Waals surface area contributed by atoms with Crippen LogP contribution in [0.2, 0.25) is 10.0 Å². The molecule has 1 aliphatic heterocycles. The summed E-state index contributed by atoms with van der Waals surface area (Å²) >= 11 is 11.7. The van der Waals surface area contributed by atoms with Crippen molar-refractivity contribution in [2.24, 2.45) is 0 Å². The van der Waals surface area contributed by atoms with Crippen molar-refractivity contribution in [1.82, 2.24) is 4.90 Å². The molecule has 6 heteroatoms. The van der Waals surface area contributed by atoms with Crippen LogP contribution < -0.4 is 0 Å². The van der Waals surface area contributed by atoms with Crippen LogP contribution in [0.3, 0.4) is 0 Å². The quantitative estimate of drug-likeness (QED) is 0.869. The highest BCUT2D eigenvalue weighted by atomic mass is 35.5. The van der Waals surface area contributed by atoms with Crippen molar-refractivity contribution in [2.75, 3.05) is 32.8 Å². The Kier molecular flexibility index (Phi) is 4.81. The molecule has 100 valence electrons. The Morgan fingerprint density at radius 2 is 2.17 bits per heavy atom. The van der Waals surface area contributed by atoms with Gasteiger partial charge >= 0.3 is 0 Å². The maximum atomic E-state index is 13.5. The zero-order valence-corrected chi connectivity index (χ0v) is 11.2. The number of β-amino-alcohol motifs (C(OH)–C–C–N with tert-alkyl or cyclic N) is 1. The number of hydrogen-bond donors (Lipinski definition) is 1. The molecule has 0 spiro atoms. The lowest BCUT2D eigenvalue weighted by Gasteiger charge is -2.33. The predicted octanol–water partition coefficient (Wildman–Crippen LogP) is 2.50. The molecule has 1 atom stereocenters. The van der Waals surface area contributed by atoms with Crippen LogP contribution in [0.4, 0.5) is 4.39 Å². The lowest BCUT2D eigenvalue weighted by Crippen LogP contribution is -2.39. The van der Waals surface area contributed by atoms with Crippen molar-refractivity contribution in [1.29, 1.82) is 0 Å². The molecule has 0 amide bonds. The fourth-order valence-corrected chi connectivity index (χ4v) is 2.52. The van der Waals surface area contributed by atoms with E-state index in [1.165, 1.54) is 12.1 Å². The summed E-state index contributed by atoms with van der Waals surface area (Å²) < 4.78 is 19.1. The van der Waals surface area contributed by atoms with E-state index < -0.39 is 5.82 Å². The van der Waals surface area contributed by atoms with Crippen molar-refractivity contribution in [3.05, 3.63) is 33.6 Å². The zero-order valence-electron chi connectivity index (χ0n) is 9.70. The van der Waals surface area contributed by atoms with Gasteiger partial charge in [-0.15, -0.1) is 0 Å². The third kappa shape index (κ3) is 3.13. The lowest BCUT2D eigenvalue weighted by atomic mass is 10.1. The maximum absolute atomic E-state index is 13.5. The van der Waals surface area contributed by atoms with Crippen LogP contribution in [0.1, 0.15) is 11.7 Å². The fraction of sp³-hybridized carbons (Fsp3) is 0.500. The Bertz CT molecular complexity index is 429. The summed E-state index contributed by atoms with van der Waals surface area (Å²) in [4.78, 5) is 2.05. The smallest absolute Gasteiger partial charge is 0.142 e. The second-order valence-corrected chi connectivity index (χ2v) is 4.99. The van der Waals surface area contributed by atoms with E-state index >= 15 is 0 Å². The molecule has 0 unspecified atom stereocenters. The molecular formula is C12H14Cl2FNO2. The third-order valence-electron chi connectivity index (χ3n) is 2.95. The molecule has 1 aliphatic rings. The summed E-state index contributed by atoms with van der Waals surface area (Å²) in [5.41, 5.74) is 0.598. The van der Waals surface area contributed by atoms with Crippen LogP contribution in [0.5, 0.6) is 0 Å². The molecule has 18 heavy (non-hydrogen) atoms. The first-order valence-electron chi connectivity index (χ1n) is 5.71. The Morgan fingerprint density at radius 3 is 2.89 bits per heavy atom. The van der Waals surface area contributed by atoms with Gasteiger partial charge in [0.15, 0.2) is 0 Å². The van der Waals surface area contributed by atoms with Crippen molar-refractivity contribution in [3.63, 3.8) is 0 Å². The number of hydrogen-bond acceptors (Lipinski definition) is 3. The second-order valence-electron chi connectivity index (χ2n) is 4.17. The van der Waals surface area contributed by atoms with Crippen molar-refractivity contribution < 1.29 is 14.2 Å². The van der Waals surface area contributed by atoms with Gasteiger partial charge in [-0.25, -0.2) is 4.39 Å². The molecule has 2 rings (SSSR count). The van der Waals surface area contributed by atoms with Crippen LogP contribution in [-0.2, 0) is 4.74 Å². The van der Waals surface area contributed by atoms with E-state index in [-0.39, 0.29) is 17.7 Å². The number of aliphatic hydroxyl groups excluding tert-OH is 1.